The number of hydrogen-bond acceptors (Lipinski definition) is 5. The minimum absolute atomic E-state index is 0.0871. The molecule has 0 bridgehead atoms. The van der Waals surface area contributed by atoms with E-state index in [9.17, 15) is 4.79 Å². The molecule has 1 aliphatic heterocycles. The molecule has 0 aliphatic carbocycles. The van der Waals surface area contributed by atoms with Gasteiger partial charge in [-0.2, -0.15) is 0 Å². The Kier molecular flexibility index (Phi) is 5.37. The van der Waals surface area contributed by atoms with Crippen molar-refractivity contribution in [3.63, 3.8) is 0 Å². The first-order chi connectivity index (χ1) is 15.7. The van der Waals surface area contributed by atoms with Crippen molar-refractivity contribution >= 4 is 17.2 Å². The van der Waals surface area contributed by atoms with Crippen LogP contribution in [0.3, 0.4) is 0 Å². The Labute approximate surface area is 185 Å². The van der Waals surface area contributed by atoms with Gasteiger partial charge in [-0.3, -0.25) is 4.79 Å². The summed E-state index contributed by atoms with van der Waals surface area (Å²) < 4.78 is 19.1. The third-order valence-electron chi connectivity index (χ3n) is 5.47. The molecule has 0 saturated carbocycles. The molecule has 162 valence electrons. The van der Waals surface area contributed by atoms with Gasteiger partial charge in [-0.1, -0.05) is 24.3 Å². The number of methoxy groups -OCH3 is 1. The minimum atomic E-state index is -0.255. The van der Waals surface area contributed by atoms with Gasteiger partial charge in [-0.15, -0.1) is 0 Å². The van der Waals surface area contributed by atoms with Crippen LogP contribution in [0.2, 0.25) is 0 Å². The lowest BCUT2D eigenvalue weighted by molar-refractivity contribution is -0.121. The second kappa shape index (κ2) is 8.63. The SMILES string of the molecule is COc1ccc(NC(=O)C2COc3ccccc3C2)cc1OCc1cn2ccccc2n1. The summed E-state index contributed by atoms with van der Waals surface area (Å²) in [5.41, 5.74) is 3.34. The molecule has 2 aromatic carbocycles. The zero-order chi connectivity index (χ0) is 21.9. The zero-order valence-corrected chi connectivity index (χ0v) is 17.7. The van der Waals surface area contributed by atoms with E-state index in [0.29, 0.717) is 30.2 Å². The van der Waals surface area contributed by atoms with E-state index in [0.717, 1.165) is 22.7 Å². The Bertz CT molecular complexity index is 1230. The number of aromatic nitrogens is 2. The van der Waals surface area contributed by atoms with Crippen LogP contribution in [0.15, 0.2) is 73.1 Å². The smallest absolute Gasteiger partial charge is 0.231 e. The van der Waals surface area contributed by atoms with E-state index in [1.165, 1.54) is 0 Å². The van der Waals surface area contributed by atoms with Crippen LogP contribution < -0.4 is 19.5 Å². The quantitative estimate of drug-likeness (QED) is 0.499. The number of rotatable bonds is 6. The van der Waals surface area contributed by atoms with Crippen LogP contribution in [0.25, 0.3) is 5.65 Å². The summed E-state index contributed by atoms with van der Waals surface area (Å²) in [7, 11) is 1.59. The Balaban J connectivity index is 1.28. The van der Waals surface area contributed by atoms with Gasteiger partial charge in [0.05, 0.1) is 18.7 Å². The highest BCUT2D eigenvalue weighted by atomic mass is 16.5. The van der Waals surface area contributed by atoms with Gasteiger partial charge in [0.25, 0.3) is 0 Å². The number of carbonyl (C=O) groups excluding carboxylic acids is 1. The normalized spacial score (nSPS) is 15.0. The molecule has 2 aromatic heterocycles. The molecule has 7 heteroatoms. The van der Waals surface area contributed by atoms with Crippen molar-refractivity contribution in [1.29, 1.82) is 0 Å². The van der Waals surface area contributed by atoms with E-state index in [1.807, 2.05) is 59.3 Å². The molecule has 3 heterocycles. The van der Waals surface area contributed by atoms with Crippen molar-refractivity contribution in [2.45, 2.75) is 13.0 Å². The molecule has 1 unspecified atom stereocenters. The van der Waals surface area contributed by atoms with Gasteiger partial charge in [0, 0.05) is 24.1 Å². The van der Waals surface area contributed by atoms with Gasteiger partial charge in [0.15, 0.2) is 11.5 Å². The van der Waals surface area contributed by atoms with Crippen molar-refractivity contribution in [1.82, 2.24) is 9.38 Å². The molecule has 1 aliphatic rings. The number of hydrogen-bond donors (Lipinski definition) is 1. The Morgan fingerprint density at radius 1 is 1.16 bits per heavy atom. The average molecular weight is 429 g/mol. The summed E-state index contributed by atoms with van der Waals surface area (Å²) >= 11 is 0. The largest absolute Gasteiger partial charge is 0.493 e. The number of amides is 1. The minimum Gasteiger partial charge on any atom is -0.493 e. The predicted molar refractivity (Wildman–Crippen MR) is 120 cm³/mol. The fourth-order valence-corrected chi connectivity index (χ4v) is 3.82. The van der Waals surface area contributed by atoms with Crippen molar-refractivity contribution in [3.05, 3.63) is 84.3 Å². The second-order valence-corrected chi connectivity index (χ2v) is 7.66. The van der Waals surface area contributed by atoms with Crippen LogP contribution in [-0.2, 0) is 17.8 Å². The number of nitrogens with zero attached hydrogens (tertiary/aromatic N) is 2. The van der Waals surface area contributed by atoms with Crippen molar-refractivity contribution in [3.8, 4) is 17.2 Å². The zero-order valence-electron chi connectivity index (χ0n) is 17.7. The number of carbonyl (C=O) groups is 1. The number of nitrogens with one attached hydrogen (secondary N) is 1. The fraction of sp³-hybridized carbons (Fsp3) is 0.200. The summed E-state index contributed by atoms with van der Waals surface area (Å²) in [6.45, 7) is 0.638. The number of anilines is 1. The molecule has 0 saturated heterocycles. The van der Waals surface area contributed by atoms with Gasteiger partial charge in [-0.25, -0.2) is 4.98 Å². The number of ether oxygens (including phenoxy) is 3. The van der Waals surface area contributed by atoms with E-state index in [1.54, 1.807) is 25.3 Å². The summed E-state index contributed by atoms with van der Waals surface area (Å²) in [6, 6.07) is 19.0. The molecule has 0 fully saturated rings. The monoisotopic (exact) mass is 429 g/mol. The van der Waals surface area contributed by atoms with E-state index in [4.69, 9.17) is 14.2 Å². The lowest BCUT2D eigenvalue weighted by Gasteiger charge is -2.24. The Hall–Kier alpha value is -4.00. The second-order valence-electron chi connectivity index (χ2n) is 7.66. The molecule has 4 aromatic rings. The van der Waals surface area contributed by atoms with E-state index in [2.05, 4.69) is 10.3 Å². The first-order valence-corrected chi connectivity index (χ1v) is 10.4. The summed E-state index contributed by atoms with van der Waals surface area (Å²) in [5.74, 6) is 1.63. The molecule has 0 radical (unpaired) electrons. The molecule has 7 nitrogen and oxygen atoms in total. The topological polar surface area (TPSA) is 74.1 Å². The molecule has 1 N–H and O–H groups in total. The maximum absolute atomic E-state index is 12.8. The lowest BCUT2D eigenvalue weighted by Crippen LogP contribution is -2.32. The number of benzene rings is 2. The molecule has 1 amide bonds. The van der Waals surface area contributed by atoms with Crippen molar-refractivity contribution in [2.24, 2.45) is 5.92 Å². The van der Waals surface area contributed by atoms with Crippen LogP contribution >= 0.6 is 0 Å². The molecule has 1 atom stereocenters. The Morgan fingerprint density at radius 2 is 2.03 bits per heavy atom. The highest BCUT2D eigenvalue weighted by Gasteiger charge is 2.26. The van der Waals surface area contributed by atoms with Gasteiger partial charge in [0.1, 0.15) is 24.6 Å². The standard InChI is InChI=1S/C25H23N3O4/c1-30-22-10-9-19(27-25(29)18-12-17-6-2-3-7-21(17)31-15-18)13-23(22)32-16-20-14-28-11-5-4-8-24(28)26-20/h2-11,13-14,18H,12,15-16H2,1H3,(H,27,29). The highest BCUT2D eigenvalue weighted by Crippen LogP contribution is 2.32. The fourth-order valence-electron chi connectivity index (χ4n) is 3.82. The average Bonchev–Trinajstić information content (AvgIpc) is 3.25. The van der Waals surface area contributed by atoms with Gasteiger partial charge >= 0.3 is 0 Å². The maximum atomic E-state index is 12.8. The molecule has 5 rings (SSSR count). The summed E-state index contributed by atoms with van der Waals surface area (Å²) in [5, 5.41) is 2.98. The van der Waals surface area contributed by atoms with Crippen LogP contribution in [0, 0.1) is 5.92 Å². The number of imidazole rings is 1. The van der Waals surface area contributed by atoms with E-state index >= 15 is 0 Å². The van der Waals surface area contributed by atoms with Crippen molar-refractivity contribution in [2.75, 3.05) is 19.0 Å². The number of fused-ring (bicyclic) bond motifs is 2. The Morgan fingerprint density at radius 3 is 2.91 bits per heavy atom. The predicted octanol–water partition coefficient (Wildman–Crippen LogP) is 4.11. The van der Waals surface area contributed by atoms with E-state index in [-0.39, 0.29) is 18.4 Å². The highest BCUT2D eigenvalue weighted by molar-refractivity contribution is 5.93. The third kappa shape index (κ3) is 4.09. The van der Waals surface area contributed by atoms with Crippen LogP contribution in [0.5, 0.6) is 17.2 Å². The van der Waals surface area contributed by atoms with Gasteiger partial charge < -0.3 is 23.9 Å². The van der Waals surface area contributed by atoms with Crippen LogP contribution in [0.4, 0.5) is 5.69 Å². The first-order valence-electron chi connectivity index (χ1n) is 10.4. The molecular formula is C25H23N3O4. The maximum Gasteiger partial charge on any atom is 0.231 e. The van der Waals surface area contributed by atoms with E-state index < -0.39 is 0 Å². The molecule has 32 heavy (non-hydrogen) atoms. The molecule has 0 spiro atoms. The van der Waals surface area contributed by atoms with Crippen molar-refractivity contribution < 1.29 is 19.0 Å². The number of para-hydroxylation sites is 1. The third-order valence-corrected chi connectivity index (χ3v) is 5.47. The number of pyridine rings is 1. The van der Waals surface area contributed by atoms with Gasteiger partial charge in [-0.05, 0) is 42.3 Å². The molecular weight excluding hydrogens is 406 g/mol. The van der Waals surface area contributed by atoms with Crippen LogP contribution in [0.1, 0.15) is 11.3 Å². The lowest BCUT2D eigenvalue weighted by atomic mass is 9.96. The van der Waals surface area contributed by atoms with Crippen LogP contribution in [-0.4, -0.2) is 29.0 Å². The first kappa shape index (κ1) is 19.9. The summed E-state index contributed by atoms with van der Waals surface area (Å²) in [6.07, 6.45) is 4.51. The van der Waals surface area contributed by atoms with Gasteiger partial charge in [0.2, 0.25) is 5.91 Å². The summed E-state index contributed by atoms with van der Waals surface area (Å²) in [4.78, 5) is 17.4.